The molecule has 1 N–H and O–H groups in total. The maximum absolute atomic E-state index is 12.5. The molecule has 1 saturated heterocycles. The van der Waals surface area contributed by atoms with Crippen LogP contribution in [0, 0.1) is 11.3 Å². The molecule has 0 atom stereocenters. The van der Waals surface area contributed by atoms with Gasteiger partial charge in [0.15, 0.2) is 5.76 Å². The third-order valence-electron chi connectivity index (χ3n) is 5.66. The topological polar surface area (TPSA) is 141 Å². The number of benzene rings is 1. The van der Waals surface area contributed by atoms with Gasteiger partial charge in [0.2, 0.25) is 11.6 Å². The van der Waals surface area contributed by atoms with Crippen LogP contribution in [0.4, 0.5) is 5.88 Å². The number of methoxy groups -OCH3 is 1. The Hall–Kier alpha value is -4.43. The molecule has 4 aromatic rings. The molecular weight excluding hydrogens is 440 g/mol. The maximum atomic E-state index is 12.5. The van der Waals surface area contributed by atoms with Crippen LogP contribution in [0.2, 0.25) is 0 Å². The molecular formula is C23H20N6O5. The number of ether oxygens (including phenoxy) is 1. The Labute approximate surface area is 193 Å². The summed E-state index contributed by atoms with van der Waals surface area (Å²) in [4.78, 5) is 40.0. The number of carbonyl (C=O) groups excluding carboxylic acids is 1. The van der Waals surface area contributed by atoms with Gasteiger partial charge in [0, 0.05) is 26.2 Å². The van der Waals surface area contributed by atoms with E-state index in [0.717, 1.165) is 0 Å². The molecule has 11 nitrogen and oxygen atoms in total. The van der Waals surface area contributed by atoms with Gasteiger partial charge in [-0.3, -0.25) is 9.69 Å². The highest BCUT2D eigenvalue weighted by Crippen LogP contribution is 2.29. The Morgan fingerprint density at radius 3 is 2.76 bits per heavy atom. The van der Waals surface area contributed by atoms with Crippen LogP contribution in [-0.4, -0.2) is 59.1 Å². The molecule has 4 heterocycles. The number of H-pyrrole nitrogens is 1. The molecule has 0 spiro atoms. The number of carbonyl (C=O) groups is 1. The number of nitrogens with zero attached hydrogens (tertiary/aromatic N) is 5. The van der Waals surface area contributed by atoms with Crippen LogP contribution in [0.15, 0.2) is 50.2 Å². The monoisotopic (exact) mass is 460 g/mol. The van der Waals surface area contributed by atoms with E-state index in [1.807, 2.05) is 4.90 Å². The van der Waals surface area contributed by atoms with Crippen molar-refractivity contribution in [1.82, 2.24) is 19.9 Å². The Morgan fingerprint density at radius 1 is 1.24 bits per heavy atom. The summed E-state index contributed by atoms with van der Waals surface area (Å²) in [5.41, 5.74) is 0.718. The zero-order chi connectivity index (χ0) is 23.7. The van der Waals surface area contributed by atoms with Gasteiger partial charge in [0.05, 0.1) is 36.4 Å². The first kappa shape index (κ1) is 21.4. The number of aromatic nitrogens is 3. The van der Waals surface area contributed by atoms with Gasteiger partial charge < -0.3 is 23.5 Å². The van der Waals surface area contributed by atoms with Crippen molar-refractivity contribution >= 4 is 22.8 Å². The molecule has 1 aromatic carbocycles. The number of fused-ring (bicyclic) bond motifs is 1. The van der Waals surface area contributed by atoms with Gasteiger partial charge in [-0.1, -0.05) is 0 Å². The minimum atomic E-state index is -0.485. The standard InChI is InChI=1S/C23H20N6O5/c1-32-23(31)14-4-5-15-16(11-14)25-19(27-20(15)30)13-28-6-8-29(9-7-28)22-17(12-24)26-21(34-22)18-3-2-10-33-18/h2-5,10-11H,6-9,13H2,1H3,(H,25,27,30). The maximum Gasteiger partial charge on any atom is 0.337 e. The molecule has 1 fully saturated rings. The van der Waals surface area contributed by atoms with Crippen molar-refractivity contribution in [1.29, 1.82) is 5.26 Å². The fraction of sp³-hybridized carbons (Fsp3) is 0.261. The average molecular weight is 460 g/mol. The highest BCUT2D eigenvalue weighted by molar-refractivity contribution is 5.93. The Morgan fingerprint density at radius 2 is 2.06 bits per heavy atom. The lowest BCUT2D eigenvalue weighted by atomic mass is 10.1. The smallest absolute Gasteiger partial charge is 0.337 e. The van der Waals surface area contributed by atoms with Gasteiger partial charge in [-0.2, -0.15) is 10.2 Å². The minimum absolute atomic E-state index is 0.210. The molecule has 5 rings (SSSR count). The summed E-state index contributed by atoms with van der Waals surface area (Å²) in [6.45, 7) is 2.95. The molecule has 34 heavy (non-hydrogen) atoms. The van der Waals surface area contributed by atoms with E-state index in [1.54, 1.807) is 30.3 Å². The van der Waals surface area contributed by atoms with E-state index in [-0.39, 0.29) is 17.1 Å². The molecule has 11 heteroatoms. The van der Waals surface area contributed by atoms with E-state index in [2.05, 4.69) is 25.9 Å². The van der Waals surface area contributed by atoms with E-state index < -0.39 is 5.97 Å². The number of hydrogen-bond donors (Lipinski definition) is 1. The summed E-state index contributed by atoms with van der Waals surface area (Å²) in [5, 5.41) is 9.88. The zero-order valence-electron chi connectivity index (χ0n) is 18.3. The second-order valence-electron chi connectivity index (χ2n) is 7.76. The lowest BCUT2D eigenvalue weighted by Gasteiger charge is -2.34. The van der Waals surface area contributed by atoms with Gasteiger partial charge in [0.25, 0.3) is 11.4 Å². The quantitative estimate of drug-likeness (QED) is 0.440. The van der Waals surface area contributed by atoms with Gasteiger partial charge >= 0.3 is 5.97 Å². The summed E-state index contributed by atoms with van der Waals surface area (Å²) in [5.74, 6) is 1.17. The second kappa shape index (κ2) is 8.84. The predicted octanol–water partition coefficient (Wildman–Crippen LogP) is 2.15. The highest BCUT2D eigenvalue weighted by Gasteiger charge is 2.25. The number of nitrogens with one attached hydrogen (secondary N) is 1. The Balaban J connectivity index is 1.30. The molecule has 0 bridgehead atoms. The first-order valence-corrected chi connectivity index (χ1v) is 10.6. The van der Waals surface area contributed by atoms with E-state index >= 15 is 0 Å². The summed E-state index contributed by atoms with van der Waals surface area (Å²) in [6, 6.07) is 10.2. The first-order valence-electron chi connectivity index (χ1n) is 10.6. The Bertz CT molecular complexity index is 1440. The van der Waals surface area contributed by atoms with Crippen molar-refractivity contribution in [3.63, 3.8) is 0 Å². The van der Waals surface area contributed by atoms with E-state index in [0.29, 0.717) is 66.7 Å². The number of piperazine rings is 1. The van der Waals surface area contributed by atoms with Crippen molar-refractivity contribution in [2.24, 2.45) is 0 Å². The summed E-state index contributed by atoms with van der Waals surface area (Å²) >= 11 is 0. The lowest BCUT2D eigenvalue weighted by molar-refractivity contribution is 0.0601. The molecule has 172 valence electrons. The first-order chi connectivity index (χ1) is 16.6. The predicted molar refractivity (Wildman–Crippen MR) is 120 cm³/mol. The number of hydrogen-bond acceptors (Lipinski definition) is 10. The van der Waals surface area contributed by atoms with Crippen LogP contribution in [-0.2, 0) is 11.3 Å². The molecule has 0 unspecified atom stereocenters. The number of oxazole rings is 1. The number of rotatable bonds is 5. The van der Waals surface area contributed by atoms with Gasteiger partial charge in [-0.15, -0.1) is 0 Å². The van der Waals surface area contributed by atoms with E-state index in [1.165, 1.54) is 13.4 Å². The van der Waals surface area contributed by atoms with Crippen LogP contribution in [0.3, 0.4) is 0 Å². The fourth-order valence-corrected chi connectivity index (χ4v) is 3.93. The largest absolute Gasteiger partial charge is 0.465 e. The molecule has 0 aliphatic carbocycles. The highest BCUT2D eigenvalue weighted by atomic mass is 16.5. The van der Waals surface area contributed by atoms with Crippen molar-refractivity contribution in [2.45, 2.75) is 6.54 Å². The van der Waals surface area contributed by atoms with E-state index in [4.69, 9.17) is 13.6 Å². The third kappa shape index (κ3) is 4.02. The molecule has 1 aliphatic heterocycles. The molecule has 0 amide bonds. The normalized spacial score (nSPS) is 14.3. The number of furan rings is 1. The van der Waals surface area contributed by atoms with Crippen LogP contribution in [0.5, 0.6) is 0 Å². The second-order valence-corrected chi connectivity index (χ2v) is 7.76. The number of anilines is 1. The molecule has 0 radical (unpaired) electrons. The van der Waals surface area contributed by atoms with Gasteiger partial charge in [-0.25, -0.2) is 9.78 Å². The van der Waals surface area contributed by atoms with Gasteiger partial charge in [0.1, 0.15) is 11.9 Å². The lowest BCUT2D eigenvalue weighted by Crippen LogP contribution is -2.46. The number of nitriles is 1. The molecule has 0 saturated carbocycles. The summed E-state index contributed by atoms with van der Waals surface area (Å²) in [7, 11) is 1.30. The van der Waals surface area contributed by atoms with Crippen molar-refractivity contribution in [3.8, 4) is 17.7 Å². The van der Waals surface area contributed by atoms with Crippen molar-refractivity contribution in [2.75, 3.05) is 38.2 Å². The summed E-state index contributed by atoms with van der Waals surface area (Å²) < 4.78 is 15.9. The van der Waals surface area contributed by atoms with E-state index in [9.17, 15) is 14.9 Å². The van der Waals surface area contributed by atoms with Crippen LogP contribution >= 0.6 is 0 Å². The molecule has 1 aliphatic rings. The van der Waals surface area contributed by atoms with Crippen LogP contribution < -0.4 is 10.5 Å². The minimum Gasteiger partial charge on any atom is -0.465 e. The van der Waals surface area contributed by atoms with Gasteiger partial charge in [-0.05, 0) is 30.3 Å². The average Bonchev–Trinajstić information content (AvgIpc) is 3.54. The van der Waals surface area contributed by atoms with Crippen LogP contribution in [0.1, 0.15) is 21.9 Å². The fourth-order valence-electron chi connectivity index (χ4n) is 3.93. The number of esters is 1. The Kier molecular flexibility index (Phi) is 5.57. The SMILES string of the molecule is COC(=O)c1ccc2c(=O)[nH]c(CN3CCN(c4oc(-c5ccco5)nc4C#N)CC3)nc2c1. The third-order valence-corrected chi connectivity index (χ3v) is 5.66. The number of aromatic amines is 1. The zero-order valence-corrected chi connectivity index (χ0v) is 18.3. The van der Waals surface area contributed by atoms with Crippen molar-refractivity contribution < 1.29 is 18.4 Å². The van der Waals surface area contributed by atoms with Crippen molar-refractivity contribution in [3.05, 3.63) is 64.0 Å². The molecule has 3 aromatic heterocycles. The van der Waals surface area contributed by atoms with Crippen LogP contribution in [0.25, 0.3) is 22.6 Å². The summed E-state index contributed by atoms with van der Waals surface area (Å²) in [6.07, 6.45) is 1.52.